The number of aromatic nitrogens is 1. The quantitative estimate of drug-likeness (QED) is 0.625. The highest BCUT2D eigenvalue weighted by molar-refractivity contribution is 5.94. The van der Waals surface area contributed by atoms with Gasteiger partial charge in [-0.3, -0.25) is 4.98 Å². The van der Waals surface area contributed by atoms with Gasteiger partial charge in [0.15, 0.2) is 0 Å². The number of hydrazine groups is 1. The Bertz CT molecular complexity index is 1040. The van der Waals surface area contributed by atoms with Crippen molar-refractivity contribution >= 4 is 17.3 Å². The number of fused-ring (bicyclic) bond motifs is 1. The van der Waals surface area contributed by atoms with Crippen LogP contribution in [0.2, 0.25) is 0 Å². The molecule has 2 heterocycles. The Kier molecular flexibility index (Phi) is 4.62. The number of carbonyl (C=O) groups is 1. The van der Waals surface area contributed by atoms with E-state index < -0.39 is 18.0 Å². The number of pyridine rings is 1. The van der Waals surface area contributed by atoms with Gasteiger partial charge in [0, 0.05) is 11.8 Å². The summed E-state index contributed by atoms with van der Waals surface area (Å²) in [4.78, 5) is 15.4. The lowest BCUT2D eigenvalue weighted by Crippen LogP contribution is -2.36. The van der Waals surface area contributed by atoms with Gasteiger partial charge in [-0.15, -0.1) is 0 Å². The van der Waals surface area contributed by atoms with E-state index in [4.69, 9.17) is 0 Å². The van der Waals surface area contributed by atoms with Crippen LogP contribution >= 0.6 is 0 Å². The molecule has 3 N–H and O–H groups in total. The Morgan fingerprint density at radius 2 is 2.00 bits per heavy atom. The van der Waals surface area contributed by atoms with Crippen LogP contribution in [-0.4, -0.2) is 16.1 Å². The Morgan fingerprint density at radius 3 is 2.79 bits per heavy atom. The Hall–Kier alpha value is -3.52. The molecule has 2 aromatic carbocycles. The molecule has 0 spiro atoms. The van der Waals surface area contributed by atoms with Gasteiger partial charge in [0.1, 0.15) is 17.8 Å². The molecule has 0 saturated carbocycles. The summed E-state index contributed by atoms with van der Waals surface area (Å²) in [7, 11) is 0. The largest absolute Gasteiger partial charge is 0.478 e. The molecule has 4 rings (SSSR count). The van der Waals surface area contributed by atoms with Gasteiger partial charge in [-0.25, -0.2) is 19.0 Å². The van der Waals surface area contributed by atoms with E-state index in [1.165, 1.54) is 42.7 Å². The highest BCUT2D eigenvalue weighted by Crippen LogP contribution is 2.35. The van der Waals surface area contributed by atoms with Crippen molar-refractivity contribution in [3.63, 3.8) is 0 Å². The number of rotatable bonds is 5. The number of anilines is 2. The predicted octanol–water partition coefficient (Wildman–Crippen LogP) is 3.69. The fraction of sp³-hybridized carbons (Fsp3) is 0.100. The minimum absolute atomic E-state index is 0.0540. The van der Waals surface area contributed by atoms with Crippen molar-refractivity contribution in [3.05, 3.63) is 89.2 Å². The maximum atomic E-state index is 13.9. The third-order valence-electron chi connectivity index (χ3n) is 4.46. The highest BCUT2D eigenvalue weighted by atomic mass is 19.1. The van der Waals surface area contributed by atoms with E-state index in [1.807, 2.05) is 0 Å². The van der Waals surface area contributed by atoms with Crippen molar-refractivity contribution in [2.24, 2.45) is 0 Å². The SMILES string of the molecule is O=C(O)c1ccncc1NC1NN(Cc2cccc(F)c2)c2ccc(F)cc21. The van der Waals surface area contributed by atoms with Gasteiger partial charge in [-0.2, -0.15) is 0 Å². The second kappa shape index (κ2) is 7.24. The van der Waals surface area contributed by atoms with Gasteiger partial charge in [-0.05, 0) is 42.0 Å². The molecule has 1 atom stereocenters. The molecule has 1 unspecified atom stereocenters. The number of hydrogen-bond acceptors (Lipinski definition) is 5. The first kappa shape index (κ1) is 17.9. The Balaban J connectivity index is 1.65. The first-order valence-electron chi connectivity index (χ1n) is 8.53. The summed E-state index contributed by atoms with van der Waals surface area (Å²) in [6, 6.07) is 11.9. The number of halogens is 2. The van der Waals surface area contributed by atoms with Gasteiger partial charge in [-0.1, -0.05) is 12.1 Å². The molecule has 1 aliphatic rings. The summed E-state index contributed by atoms with van der Waals surface area (Å²) in [5.74, 6) is -1.85. The van der Waals surface area contributed by atoms with E-state index in [0.29, 0.717) is 23.5 Å². The second-order valence-corrected chi connectivity index (χ2v) is 6.35. The highest BCUT2D eigenvalue weighted by Gasteiger charge is 2.29. The Labute approximate surface area is 159 Å². The van der Waals surface area contributed by atoms with Gasteiger partial charge >= 0.3 is 5.97 Å². The molecule has 28 heavy (non-hydrogen) atoms. The minimum Gasteiger partial charge on any atom is -0.478 e. The first-order valence-corrected chi connectivity index (χ1v) is 8.53. The van der Waals surface area contributed by atoms with Crippen molar-refractivity contribution < 1.29 is 18.7 Å². The van der Waals surface area contributed by atoms with E-state index in [0.717, 1.165) is 5.56 Å². The van der Waals surface area contributed by atoms with Crippen molar-refractivity contribution in [2.45, 2.75) is 12.7 Å². The zero-order chi connectivity index (χ0) is 19.7. The van der Waals surface area contributed by atoms with Crippen molar-refractivity contribution in [1.29, 1.82) is 0 Å². The van der Waals surface area contributed by atoms with Crippen molar-refractivity contribution in [1.82, 2.24) is 10.4 Å². The van der Waals surface area contributed by atoms with Gasteiger partial charge < -0.3 is 15.4 Å². The lowest BCUT2D eigenvalue weighted by Gasteiger charge is -2.22. The van der Waals surface area contributed by atoms with E-state index in [1.54, 1.807) is 23.2 Å². The average molecular weight is 382 g/mol. The Morgan fingerprint density at radius 1 is 1.18 bits per heavy atom. The molecule has 8 heteroatoms. The van der Waals surface area contributed by atoms with Gasteiger partial charge in [0.2, 0.25) is 0 Å². The summed E-state index contributed by atoms with van der Waals surface area (Å²) in [5.41, 5.74) is 5.59. The summed E-state index contributed by atoms with van der Waals surface area (Å²) in [5, 5.41) is 14.2. The number of carboxylic acids is 1. The fourth-order valence-electron chi connectivity index (χ4n) is 3.21. The van der Waals surface area contributed by atoms with E-state index in [9.17, 15) is 18.7 Å². The predicted molar refractivity (Wildman–Crippen MR) is 99.7 cm³/mol. The average Bonchev–Trinajstić information content (AvgIpc) is 2.98. The molecular formula is C20H16F2N4O2. The second-order valence-electron chi connectivity index (χ2n) is 6.35. The lowest BCUT2D eigenvalue weighted by atomic mass is 10.1. The zero-order valence-electron chi connectivity index (χ0n) is 14.6. The topological polar surface area (TPSA) is 77.5 Å². The van der Waals surface area contributed by atoms with Crippen LogP contribution in [0.5, 0.6) is 0 Å². The zero-order valence-corrected chi connectivity index (χ0v) is 14.6. The van der Waals surface area contributed by atoms with Gasteiger partial charge in [0.05, 0.1) is 29.7 Å². The standard InChI is InChI=1S/C20H16F2N4O2/c21-13-3-1-2-12(8-13)11-26-18-5-4-14(22)9-16(18)19(25-26)24-17-10-23-7-6-15(17)20(27)28/h1-10,19,24-25H,11H2,(H,27,28). The molecular weight excluding hydrogens is 366 g/mol. The van der Waals surface area contributed by atoms with Crippen LogP contribution in [0.1, 0.15) is 27.7 Å². The van der Waals surface area contributed by atoms with Crippen LogP contribution in [0.25, 0.3) is 0 Å². The molecule has 1 aromatic heterocycles. The normalized spacial score (nSPS) is 15.4. The fourth-order valence-corrected chi connectivity index (χ4v) is 3.21. The van der Waals surface area contributed by atoms with Crippen LogP contribution in [0, 0.1) is 11.6 Å². The molecule has 0 bridgehead atoms. The smallest absolute Gasteiger partial charge is 0.337 e. The monoisotopic (exact) mass is 382 g/mol. The van der Waals surface area contributed by atoms with Crippen LogP contribution < -0.4 is 15.8 Å². The maximum Gasteiger partial charge on any atom is 0.337 e. The van der Waals surface area contributed by atoms with E-state index >= 15 is 0 Å². The number of nitrogens with one attached hydrogen (secondary N) is 2. The summed E-state index contributed by atoms with van der Waals surface area (Å²) >= 11 is 0. The molecule has 0 radical (unpaired) electrons. The van der Waals surface area contributed by atoms with E-state index in [2.05, 4.69) is 15.7 Å². The van der Waals surface area contributed by atoms with Gasteiger partial charge in [0.25, 0.3) is 0 Å². The number of hydrogen-bond donors (Lipinski definition) is 3. The molecule has 142 valence electrons. The molecule has 0 amide bonds. The summed E-state index contributed by atoms with van der Waals surface area (Å²) < 4.78 is 27.4. The number of aromatic carboxylic acids is 1. The number of benzene rings is 2. The summed E-state index contributed by atoms with van der Waals surface area (Å²) in [6.45, 7) is 0.341. The van der Waals surface area contributed by atoms with Crippen LogP contribution in [-0.2, 0) is 6.54 Å². The number of nitrogens with zero attached hydrogens (tertiary/aromatic N) is 2. The van der Waals surface area contributed by atoms with Crippen molar-refractivity contribution in [3.8, 4) is 0 Å². The molecule has 0 aliphatic carbocycles. The van der Waals surface area contributed by atoms with Crippen LogP contribution in [0.4, 0.5) is 20.2 Å². The number of carboxylic acid groups (broad SMARTS) is 1. The molecule has 6 nitrogen and oxygen atoms in total. The molecule has 3 aromatic rings. The lowest BCUT2D eigenvalue weighted by molar-refractivity contribution is 0.0697. The van der Waals surface area contributed by atoms with Crippen LogP contribution in [0.3, 0.4) is 0 Å². The third kappa shape index (κ3) is 3.49. The molecule has 1 aliphatic heterocycles. The third-order valence-corrected chi connectivity index (χ3v) is 4.46. The van der Waals surface area contributed by atoms with Crippen molar-refractivity contribution in [2.75, 3.05) is 10.3 Å². The summed E-state index contributed by atoms with van der Waals surface area (Å²) in [6.07, 6.45) is 2.21. The minimum atomic E-state index is -1.10. The first-order chi connectivity index (χ1) is 13.5. The van der Waals surface area contributed by atoms with Crippen LogP contribution in [0.15, 0.2) is 60.9 Å². The molecule has 0 fully saturated rings. The molecule has 0 saturated heterocycles. The van der Waals surface area contributed by atoms with E-state index in [-0.39, 0.29) is 11.4 Å². The maximum absolute atomic E-state index is 13.9.